The van der Waals surface area contributed by atoms with Crippen LogP contribution in [0.3, 0.4) is 0 Å². The summed E-state index contributed by atoms with van der Waals surface area (Å²) in [5.41, 5.74) is 18.7. The first-order chi connectivity index (χ1) is 38.0. The molecule has 434 valence electrons. The quantitative estimate of drug-likeness (QED) is 0.0258. The summed E-state index contributed by atoms with van der Waals surface area (Å²) in [6.45, 7) is 10.4. The van der Waals surface area contributed by atoms with Crippen LogP contribution in [0.1, 0.15) is 35.6 Å². The van der Waals surface area contributed by atoms with Crippen molar-refractivity contribution in [3.63, 3.8) is 0 Å². The van der Waals surface area contributed by atoms with E-state index in [1.54, 1.807) is 19.2 Å². The highest BCUT2D eigenvalue weighted by atomic mass is 32.2. The number of benzene rings is 8. The van der Waals surface area contributed by atoms with Gasteiger partial charge >= 0.3 is 0 Å². The lowest BCUT2D eigenvalue weighted by Gasteiger charge is -2.10. The van der Waals surface area contributed by atoms with E-state index < -0.39 is 76.7 Å². The van der Waals surface area contributed by atoms with Gasteiger partial charge in [-0.2, -0.15) is 67.3 Å². The Kier molecular flexibility index (Phi) is 18.9. The molecule has 0 atom stereocenters. The summed E-state index contributed by atoms with van der Waals surface area (Å²) >= 11 is 0. The summed E-state index contributed by atoms with van der Waals surface area (Å²) in [7, 11) is -20.8. The number of nitrogen functional groups attached to an aromatic ring is 2. The molecule has 0 amide bonds. The van der Waals surface area contributed by atoms with Crippen molar-refractivity contribution in [3.8, 4) is 17.2 Å². The maximum atomic E-state index is 11.9. The second-order valence-corrected chi connectivity index (χ2v) is 25.1. The number of aromatic hydroxyl groups is 1. The number of anilines is 2. The largest absolute Gasteiger partial charge is 0.505 e. The fraction of sp³-hybridized carbons (Fsp3) is 0.176. The number of azo groups is 2. The average Bonchev–Trinajstić information content (AvgIpc) is 2.70. The van der Waals surface area contributed by atoms with Gasteiger partial charge in [0.25, 0.3) is 50.6 Å². The lowest BCUT2D eigenvalue weighted by atomic mass is 10.1. The molecule has 31 heteroatoms. The third-order valence-electron chi connectivity index (χ3n) is 11.7. The van der Waals surface area contributed by atoms with E-state index >= 15 is 0 Å². The van der Waals surface area contributed by atoms with E-state index in [9.17, 15) is 60.9 Å². The highest BCUT2D eigenvalue weighted by Gasteiger charge is 2.24. The van der Waals surface area contributed by atoms with Crippen molar-refractivity contribution in [2.24, 2.45) is 20.5 Å². The topological polar surface area (TPSA) is 434 Å². The number of aromatic nitrogens is 3. The molecule has 0 spiro atoms. The molecule has 1 aromatic heterocycles. The van der Waals surface area contributed by atoms with Crippen LogP contribution in [0.2, 0.25) is 0 Å². The number of hydrogen-bond acceptors (Lipinski definition) is 20. The number of fused-ring (bicyclic) bond motifs is 5. The molecule has 9 rings (SSSR count). The highest BCUT2D eigenvalue weighted by molar-refractivity contribution is 7.87. The minimum atomic E-state index is -4.91. The average molecular weight is 1220 g/mol. The Bertz CT molecular complexity index is 4650. The molecule has 0 bridgehead atoms. The summed E-state index contributed by atoms with van der Waals surface area (Å²) < 4.78 is 162. The van der Waals surface area contributed by atoms with Crippen LogP contribution >= 0.6 is 0 Å². The maximum Gasteiger partial charge on any atom is 0.296 e. The van der Waals surface area contributed by atoms with Gasteiger partial charge in [-0.1, -0.05) is 37.3 Å². The Morgan fingerprint density at radius 2 is 1.09 bits per heavy atom. The molecule has 0 aliphatic heterocycles. The van der Waals surface area contributed by atoms with E-state index in [1.807, 2.05) is 71.0 Å². The lowest BCUT2D eigenvalue weighted by Crippen LogP contribution is -2.04. The molecule has 0 unspecified atom stereocenters. The molecule has 0 saturated heterocycles. The zero-order valence-electron chi connectivity index (χ0n) is 44.3. The van der Waals surface area contributed by atoms with Gasteiger partial charge in [-0.3, -0.25) is 22.8 Å². The summed E-state index contributed by atoms with van der Waals surface area (Å²) in [6.07, 6.45) is 1.54. The molecule has 10 N–H and O–H groups in total. The Hall–Kier alpha value is -8.11. The van der Waals surface area contributed by atoms with Crippen molar-refractivity contribution in [3.05, 3.63) is 131 Å². The molecule has 0 aliphatic carbocycles. The standard InChI is InChI=1S/C20H14N4O10S3.C17H21N5.C13H14O4S.CH4O3S/c21-18-17(37(32,33)34)6-9-5-10(1-2-12(9)20(18)25)24-22-15-4-3-13-14(19(15)23-24)7-11(35(26,27)28)8-16(13)36(29,30)31;1-10-7-16(11(2)6-14(10)18)21-22-17-9-12(3)15(20-19-5)8-13(17)4;1-2-7-17-13-9-11(18(14,15)16)8-10-5-3-4-6-12(10)13;1-5(2,3)4/h1-8,25H,21H2,(H,26,27,28)(H,29,30,31)(H,32,33,34);6-9H,18H2,1-5H3;3-6,8-9H,2,7H2,1H3,(H,14,15,16);1H3,(H,2,3,4). The predicted octanol–water partition coefficient (Wildman–Crippen LogP) is 9.77. The van der Waals surface area contributed by atoms with Crippen molar-refractivity contribution >= 4 is 122 Å². The third-order valence-corrected chi connectivity index (χ3v) is 15.2. The van der Waals surface area contributed by atoms with E-state index in [0.717, 1.165) is 79.1 Å². The summed E-state index contributed by atoms with van der Waals surface area (Å²) in [5.74, 6) is -0.0979. The SMILES string of the molecule is CCCOc1cc(S(=O)(=O)O)cc2ccccc12.CN=Nc1cc(C)c(N=Nc2cc(C)c(N)cc2C)cc1C.CS(=O)(=O)O.Nc1c(S(=O)(=O)O)cc2cc(-n3nc4ccc5c(S(=O)(=O)O)cc(S(=O)(=O)O)cc5c4n3)ccc2c1O. The van der Waals surface area contributed by atoms with Crippen LogP contribution in [0.4, 0.5) is 28.4 Å². The number of nitrogens with zero attached hydrogens (tertiary/aromatic N) is 7. The van der Waals surface area contributed by atoms with Gasteiger partial charge in [0.05, 0.1) is 51.1 Å². The van der Waals surface area contributed by atoms with Gasteiger partial charge in [-0.25, -0.2) is 0 Å². The Labute approximate surface area is 470 Å². The predicted molar refractivity (Wildman–Crippen MR) is 307 cm³/mol. The van der Waals surface area contributed by atoms with Crippen LogP contribution in [0.5, 0.6) is 11.5 Å². The van der Waals surface area contributed by atoms with Crippen molar-refractivity contribution in [1.82, 2.24) is 15.0 Å². The Morgan fingerprint density at radius 1 is 0.549 bits per heavy atom. The van der Waals surface area contributed by atoms with Crippen LogP contribution in [0, 0.1) is 27.7 Å². The number of hydrogen-bond donors (Lipinski definition) is 8. The Morgan fingerprint density at radius 3 is 1.65 bits per heavy atom. The summed E-state index contributed by atoms with van der Waals surface area (Å²) in [6, 6.07) is 27.4. The normalized spacial score (nSPS) is 12.3. The highest BCUT2D eigenvalue weighted by Crippen LogP contribution is 2.38. The number of phenols is 1. The molecule has 26 nitrogen and oxygen atoms in total. The van der Waals surface area contributed by atoms with E-state index in [-0.39, 0.29) is 43.2 Å². The zero-order chi connectivity index (χ0) is 61.0. The Balaban J connectivity index is 0.000000204. The van der Waals surface area contributed by atoms with Crippen molar-refractivity contribution in [2.75, 3.05) is 31.4 Å². The minimum Gasteiger partial charge on any atom is -0.505 e. The second kappa shape index (κ2) is 24.5. The molecule has 9 aromatic rings. The first-order valence-corrected chi connectivity index (χ1v) is 31.2. The molecule has 0 radical (unpaired) electrons. The van der Waals surface area contributed by atoms with E-state index in [0.29, 0.717) is 24.7 Å². The summed E-state index contributed by atoms with van der Waals surface area (Å²) in [4.78, 5) is -1.36. The maximum absolute atomic E-state index is 11.9. The molecular weight excluding hydrogens is 1170 g/mol. The number of aryl methyl sites for hydroxylation is 4. The van der Waals surface area contributed by atoms with Crippen LogP contribution in [-0.4, -0.2) is 105 Å². The monoisotopic (exact) mass is 1220 g/mol. The van der Waals surface area contributed by atoms with Gasteiger partial charge in [0.1, 0.15) is 32.3 Å². The summed E-state index contributed by atoms with van der Waals surface area (Å²) in [5, 5.41) is 37.2. The van der Waals surface area contributed by atoms with Crippen LogP contribution in [0.15, 0.2) is 149 Å². The number of phenolic OH excluding ortho intramolecular Hbond substituents is 1. The molecule has 8 aromatic carbocycles. The van der Waals surface area contributed by atoms with E-state index in [4.69, 9.17) is 25.3 Å². The van der Waals surface area contributed by atoms with Crippen molar-refractivity contribution in [1.29, 1.82) is 0 Å². The van der Waals surface area contributed by atoms with Crippen LogP contribution < -0.4 is 16.2 Å². The zero-order valence-corrected chi connectivity index (χ0v) is 48.4. The smallest absolute Gasteiger partial charge is 0.296 e. The molecule has 0 saturated carbocycles. The van der Waals surface area contributed by atoms with Gasteiger partial charge in [0.2, 0.25) is 0 Å². The van der Waals surface area contributed by atoms with Gasteiger partial charge < -0.3 is 21.3 Å². The van der Waals surface area contributed by atoms with Crippen molar-refractivity contribution in [2.45, 2.75) is 60.6 Å². The van der Waals surface area contributed by atoms with Gasteiger partial charge in [-0.05, 0) is 140 Å². The van der Waals surface area contributed by atoms with E-state index in [1.165, 1.54) is 42.5 Å². The second-order valence-electron chi connectivity index (χ2n) is 18.0. The lowest BCUT2D eigenvalue weighted by molar-refractivity contribution is 0.320. The fourth-order valence-corrected chi connectivity index (χ4v) is 10.3. The number of rotatable bonds is 11. The number of nitrogens with two attached hydrogens (primary N) is 2. The van der Waals surface area contributed by atoms with Crippen LogP contribution in [-0.2, 0) is 50.6 Å². The molecule has 82 heavy (non-hydrogen) atoms. The molecule has 0 aliphatic rings. The molecule has 0 fully saturated rings. The fourth-order valence-electron chi connectivity index (χ4n) is 7.81. The van der Waals surface area contributed by atoms with Gasteiger partial charge in [0.15, 0.2) is 0 Å². The van der Waals surface area contributed by atoms with Crippen molar-refractivity contribution < 1.29 is 74.7 Å². The minimum absolute atomic E-state index is 0.00627. The molecular formula is C51H53N9O17S5. The van der Waals surface area contributed by atoms with E-state index in [2.05, 4.69) is 30.7 Å². The third kappa shape index (κ3) is 15.5. The van der Waals surface area contributed by atoms with Crippen LogP contribution in [0.25, 0.3) is 49.0 Å². The van der Waals surface area contributed by atoms with Gasteiger partial charge in [0, 0.05) is 40.3 Å². The molecule has 1 heterocycles. The first kappa shape index (κ1) is 63.1. The number of ether oxygens (including phenoxy) is 1. The first-order valence-electron chi connectivity index (χ1n) is 23.6. The van der Waals surface area contributed by atoms with Gasteiger partial charge in [-0.15, -0.1) is 10.2 Å².